The van der Waals surface area contributed by atoms with Crippen molar-refractivity contribution in [1.29, 1.82) is 0 Å². The average Bonchev–Trinajstić information content (AvgIpc) is 2.74. The lowest BCUT2D eigenvalue weighted by Gasteiger charge is -2.24. The van der Waals surface area contributed by atoms with E-state index in [-0.39, 0.29) is 6.04 Å². The Morgan fingerprint density at radius 1 is 0.867 bits per heavy atom. The molecule has 0 aliphatic carbocycles. The molecule has 0 saturated carbocycles. The molecular weight excluding hydrogens is 383 g/mol. The number of hydrogen-bond donors (Lipinski definition) is 1. The summed E-state index contributed by atoms with van der Waals surface area (Å²) in [7, 11) is 0. The van der Waals surface area contributed by atoms with Crippen LogP contribution >= 0.6 is 0 Å². The van der Waals surface area contributed by atoms with Gasteiger partial charge in [0, 0.05) is 6.04 Å². The monoisotopic (exact) mass is 415 g/mol. The van der Waals surface area contributed by atoms with E-state index < -0.39 is 11.7 Å². The van der Waals surface area contributed by atoms with Gasteiger partial charge in [-0.25, -0.2) is 0 Å². The summed E-state index contributed by atoms with van der Waals surface area (Å²) in [4.78, 5) is 0. The van der Waals surface area contributed by atoms with E-state index in [9.17, 15) is 13.2 Å². The van der Waals surface area contributed by atoms with Crippen molar-refractivity contribution < 1.29 is 13.2 Å². The second kappa shape index (κ2) is 11.2. The third kappa shape index (κ3) is 6.33. The largest absolute Gasteiger partial charge is 0.416 e. The van der Waals surface area contributed by atoms with Gasteiger partial charge in [0.1, 0.15) is 0 Å². The molecule has 0 aliphatic rings. The van der Waals surface area contributed by atoms with Crippen molar-refractivity contribution in [1.82, 2.24) is 5.32 Å². The van der Waals surface area contributed by atoms with Crippen molar-refractivity contribution in [3.63, 3.8) is 0 Å². The van der Waals surface area contributed by atoms with Crippen LogP contribution in [0.15, 0.2) is 66.7 Å². The molecule has 1 N–H and O–H groups in total. The smallest absolute Gasteiger partial charge is 0.310 e. The van der Waals surface area contributed by atoms with E-state index in [1.807, 2.05) is 19.9 Å². The Balaban J connectivity index is 0.00000155. The fourth-order valence-electron chi connectivity index (χ4n) is 3.68. The summed E-state index contributed by atoms with van der Waals surface area (Å²) in [5.41, 5.74) is 1.42. The minimum absolute atomic E-state index is 0.201. The van der Waals surface area contributed by atoms with E-state index in [4.69, 9.17) is 0 Å². The molecule has 0 bridgehead atoms. The number of rotatable bonds is 7. The van der Waals surface area contributed by atoms with Gasteiger partial charge in [-0.15, -0.1) is 0 Å². The van der Waals surface area contributed by atoms with Crippen LogP contribution in [0.5, 0.6) is 0 Å². The summed E-state index contributed by atoms with van der Waals surface area (Å²) >= 11 is 0. The Morgan fingerprint density at radius 3 is 2.23 bits per heavy atom. The molecule has 3 aromatic carbocycles. The third-order valence-electron chi connectivity index (χ3n) is 5.09. The van der Waals surface area contributed by atoms with Gasteiger partial charge in [0.2, 0.25) is 0 Å². The molecule has 30 heavy (non-hydrogen) atoms. The molecule has 0 amide bonds. The topological polar surface area (TPSA) is 12.0 Å². The molecule has 0 saturated heterocycles. The Bertz CT molecular complexity index is 910. The summed E-state index contributed by atoms with van der Waals surface area (Å²) in [6, 6.07) is 20.5. The lowest BCUT2D eigenvalue weighted by atomic mass is 9.91. The number of benzene rings is 3. The fraction of sp³-hybridized carbons (Fsp3) is 0.385. The predicted molar refractivity (Wildman–Crippen MR) is 121 cm³/mol. The molecule has 1 nitrogen and oxygen atoms in total. The molecule has 0 unspecified atom stereocenters. The van der Waals surface area contributed by atoms with Crippen LogP contribution in [0.2, 0.25) is 0 Å². The van der Waals surface area contributed by atoms with Gasteiger partial charge in [0.15, 0.2) is 0 Å². The lowest BCUT2D eigenvalue weighted by molar-refractivity contribution is -0.137. The zero-order chi connectivity index (χ0) is 22.1. The molecule has 4 heteroatoms. The van der Waals surface area contributed by atoms with Crippen LogP contribution in [0.25, 0.3) is 10.8 Å². The van der Waals surface area contributed by atoms with Gasteiger partial charge in [-0.3, -0.25) is 0 Å². The first-order chi connectivity index (χ1) is 14.4. The standard InChI is InChI=1S/C24H26F3N.C2H6/c1-17(2)23(22-14-6-11-19-10-3-4-13-21(19)22)28-15-7-9-18-8-5-12-20(16-18)24(25,26)27;1-2/h3-6,8,10-14,16-17,23,28H,7,9,15H2,1-2H3;1-2H3/t23-;/m1./s1. The minimum Gasteiger partial charge on any atom is -0.310 e. The number of nitrogens with one attached hydrogen (secondary N) is 1. The summed E-state index contributed by atoms with van der Waals surface area (Å²) < 4.78 is 38.6. The van der Waals surface area contributed by atoms with Gasteiger partial charge in [-0.2, -0.15) is 13.2 Å². The maximum Gasteiger partial charge on any atom is 0.416 e. The maximum atomic E-state index is 12.9. The second-order valence-corrected chi connectivity index (χ2v) is 7.55. The van der Waals surface area contributed by atoms with Crippen molar-refractivity contribution in [2.24, 2.45) is 5.92 Å². The van der Waals surface area contributed by atoms with Gasteiger partial charge >= 0.3 is 6.18 Å². The number of hydrogen-bond acceptors (Lipinski definition) is 1. The first kappa shape index (κ1) is 23.9. The van der Waals surface area contributed by atoms with Crippen LogP contribution in [-0.2, 0) is 12.6 Å². The zero-order valence-electron chi connectivity index (χ0n) is 18.3. The molecule has 1 atom stereocenters. The molecule has 0 radical (unpaired) electrons. The quantitative estimate of drug-likeness (QED) is 0.388. The second-order valence-electron chi connectivity index (χ2n) is 7.55. The molecule has 162 valence electrons. The molecule has 0 heterocycles. The van der Waals surface area contributed by atoms with E-state index in [0.29, 0.717) is 12.3 Å². The summed E-state index contributed by atoms with van der Waals surface area (Å²) in [6.07, 6.45) is -2.88. The molecule has 0 aliphatic heterocycles. The first-order valence-electron chi connectivity index (χ1n) is 10.7. The van der Waals surface area contributed by atoms with E-state index in [1.165, 1.54) is 28.5 Å². The Morgan fingerprint density at radius 2 is 1.53 bits per heavy atom. The Kier molecular flexibility index (Phi) is 8.91. The number of aryl methyl sites for hydroxylation is 1. The van der Waals surface area contributed by atoms with Crippen LogP contribution in [-0.4, -0.2) is 6.54 Å². The van der Waals surface area contributed by atoms with E-state index in [0.717, 1.165) is 24.6 Å². The molecule has 0 spiro atoms. The zero-order valence-corrected chi connectivity index (χ0v) is 18.3. The minimum atomic E-state index is -4.29. The third-order valence-corrected chi connectivity index (χ3v) is 5.09. The SMILES string of the molecule is CC.CC(C)[C@@H](NCCCc1cccc(C(F)(F)F)c1)c1cccc2ccccc12. The van der Waals surface area contributed by atoms with Crippen molar-refractivity contribution in [2.45, 2.75) is 52.8 Å². The van der Waals surface area contributed by atoms with Crippen molar-refractivity contribution in [2.75, 3.05) is 6.54 Å². The number of alkyl halides is 3. The van der Waals surface area contributed by atoms with Crippen molar-refractivity contribution in [3.05, 3.63) is 83.4 Å². The van der Waals surface area contributed by atoms with Crippen LogP contribution < -0.4 is 5.32 Å². The van der Waals surface area contributed by atoms with E-state index in [1.54, 1.807) is 6.07 Å². The molecule has 0 fully saturated rings. The van der Waals surface area contributed by atoms with Gasteiger partial charge in [0.25, 0.3) is 0 Å². The number of halogens is 3. The highest BCUT2D eigenvalue weighted by atomic mass is 19.4. The highest BCUT2D eigenvalue weighted by molar-refractivity contribution is 5.86. The van der Waals surface area contributed by atoms with Gasteiger partial charge < -0.3 is 5.32 Å². The predicted octanol–water partition coefficient (Wildman–Crippen LogP) is 7.80. The van der Waals surface area contributed by atoms with Crippen molar-refractivity contribution >= 4 is 10.8 Å². The fourth-order valence-corrected chi connectivity index (χ4v) is 3.68. The lowest BCUT2D eigenvalue weighted by Crippen LogP contribution is -2.27. The highest BCUT2D eigenvalue weighted by Gasteiger charge is 2.30. The Hall–Kier alpha value is -2.33. The maximum absolute atomic E-state index is 12.9. The molecular formula is C26H32F3N. The summed E-state index contributed by atoms with van der Waals surface area (Å²) in [6.45, 7) is 9.13. The normalized spacial score (nSPS) is 12.5. The van der Waals surface area contributed by atoms with Gasteiger partial charge in [0.05, 0.1) is 5.56 Å². The average molecular weight is 416 g/mol. The van der Waals surface area contributed by atoms with Gasteiger partial charge in [-0.05, 0) is 53.3 Å². The van der Waals surface area contributed by atoms with Crippen LogP contribution in [0, 0.1) is 5.92 Å². The van der Waals surface area contributed by atoms with E-state index >= 15 is 0 Å². The Labute approximate surface area is 178 Å². The van der Waals surface area contributed by atoms with Crippen molar-refractivity contribution in [3.8, 4) is 0 Å². The van der Waals surface area contributed by atoms with Crippen LogP contribution in [0.3, 0.4) is 0 Å². The van der Waals surface area contributed by atoms with Crippen LogP contribution in [0.4, 0.5) is 13.2 Å². The first-order valence-corrected chi connectivity index (χ1v) is 10.7. The van der Waals surface area contributed by atoms with E-state index in [2.05, 4.69) is 55.6 Å². The molecule has 3 rings (SSSR count). The molecule has 0 aromatic heterocycles. The highest BCUT2D eigenvalue weighted by Crippen LogP contribution is 2.30. The van der Waals surface area contributed by atoms with Gasteiger partial charge in [-0.1, -0.05) is 88.4 Å². The van der Waals surface area contributed by atoms with Crippen LogP contribution in [0.1, 0.15) is 56.8 Å². The number of fused-ring (bicyclic) bond motifs is 1. The summed E-state index contributed by atoms with van der Waals surface area (Å²) in [5, 5.41) is 6.08. The molecule has 3 aromatic rings. The summed E-state index contributed by atoms with van der Waals surface area (Å²) in [5.74, 6) is 0.402.